The van der Waals surface area contributed by atoms with Crippen molar-refractivity contribution < 1.29 is 14.3 Å². The summed E-state index contributed by atoms with van der Waals surface area (Å²) in [5, 5.41) is 3.88. The number of aryl methyl sites for hydroxylation is 2. The number of hydrogen-bond donors (Lipinski definition) is 1. The summed E-state index contributed by atoms with van der Waals surface area (Å²) in [6, 6.07) is 10.2. The number of amides is 2. The molecule has 2 amide bonds. The van der Waals surface area contributed by atoms with E-state index in [1.54, 1.807) is 25.1 Å². The average molecular weight is 465 g/mol. The molecule has 0 radical (unpaired) electrons. The molecule has 0 bridgehead atoms. The molecule has 168 valence electrons. The third kappa shape index (κ3) is 7.15. The topological polar surface area (TPSA) is 58.6 Å². The highest BCUT2D eigenvalue weighted by Gasteiger charge is 2.27. The largest absolute Gasteiger partial charge is 0.483 e. The number of hydrogen-bond acceptors (Lipinski definition) is 3. The number of rotatable bonds is 9. The van der Waals surface area contributed by atoms with E-state index in [2.05, 4.69) is 5.32 Å². The molecular formula is C24H30Cl2N2O3. The molecule has 0 aliphatic heterocycles. The van der Waals surface area contributed by atoms with Crippen molar-refractivity contribution in [1.29, 1.82) is 0 Å². The summed E-state index contributed by atoms with van der Waals surface area (Å²) in [5.74, 6) is 0.109. The maximum atomic E-state index is 13.1. The zero-order valence-electron chi connectivity index (χ0n) is 18.7. The fourth-order valence-corrected chi connectivity index (χ4v) is 3.53. The van der Waals surface area contributed by atoms with Gasteiger partial charge in [-0.2, -0.15) is 0 Å². The Hall–Kier alpha value is -2.24. The van der Waals surface area contributed by atoms with Gasteiger partial charge >= 0.3 is 0 Å². The minimum absolute atomic E-state index is 0.0116. The highest BCUT2D eigenvalue weighted by molar-refractivity contribution is 6.35. The predicted molar refractivity (Wildman–Crippen MR) is 126 cm³/mol. The van der Waals surface area contributed by atoms with Crippen molar-refractivity contribution >= 4 is 35.0 Å². The lowest BCUT2D eigenvalue weighted by atomic mass is 10.1. The summed E-state index contributed by atoms with van der Waals surface area (Å²) in [7, 11) is 0. The Morgan fingerprint density at radius 1 is 1.10 bits per heavy atom. The molecule has 0 saturated carbocycles. The number of halogens is 2. The monoisotopic (exact) mass is 464 g/mol. The molecule has 0 unspecified atom stereocenters. The van der Waals surface area contributed by atoms with E-state index in [1.807, 2.05) is 45.9 Å². The van der Waals surface area contributed by atoms with E-state index >= 15 is 0 Å². The molecule has 2 atom stereocenters. The van der Waals surface area contributed by atoms with Crippen molar-refractivity contribution in [2.45, 2.75) is 59.7 Å². The molecule has 0 spiro atoms. The average Bonchev–Trinajstić information content (AvgIpc) is 2.71. The lowest BCUT2D eigenvalue weighted by molar-refractivity contribution is -0.142. The first kappa shape index (κ1) is 25.0. The van der Waals surface area contributed by atoms with Crippen LogP contribution in [0.15, 0.2) is 36.4 Å². The molecule has 1 N–H and O–H groups in total. The maximum Gasteiger partial charge on any atom is 0.261 e. The normalized spacial score (nSPS) is 12.7. The molecule has 2 aromatic carbocycles. The number of benzene rings is 2. The van der Waals surface area contributed by atoms with Crippen LogP contribution in [0.4, 0.5) is 0 Å². The second-order valence-electron chi connectivity index (χ2n) is 7.81. The van der Waals surface area contributed by atoms with Crippen LogP contribution in [0.2, 0.25) is 10.0 Å². The zero-order chi connectivity index (χ0) is 23.1. The smallest absolute Gasteiger partial charge is 0.261 e. The Morgan fingerprint density at radius 2 is 1.81 bits per heavy atom. The van der Waals surface area contributed by atoms with Gasteiger partial charge in [-0.3, -0.25) is 9.59 Å². The molecule has 0 aliphatic carbocycles. The van der Waals surface area contributed by atoms with Gasteiger partial charge in [0.15, 0.2) is 6.61 Å². The van der Waals surface area contributed by atoms with Gasteiger partial charge in [0.2, 0.25) is 5.91 Å². The van der Waals surface area contributed by atoms with Crippen LogP contribution in [0.1, 0.15) is 43.9 Å². The van der Waals surface area contributed by atoms with E-state index in [4.69, 9.17) is 27.9 Å². The van der Waals surface area contributed by atoms with Crippen LogP contribution in [-0.2, 0) is 16.1 Å². The van der Waals surface area contributed by atoms with Crippen LogP contribution in [-0.4, -0.2) is 35.4 Å². The molecule has 0 heterocycles. The fraction of sp³-hybridized carbons (Fsp3) is 0.417. The van der Waals surface area contributed by atoms with Crippen molar-refractivity contribution in [3.05, 3.63) is 63.1 Å². The zero-order valence-corrected chi connectivity index (χ0v) is 20.2. The highest BCUT2D eigenvalue weighted by Crippen LogP contribution is 2.24. The van der Waals surface area contributed by atoms with Gasteiger partial charge in [-0.25, -0.2) is 0 Å². The number of nitrogens with zero attached hydrogens (tertiary/aromatic N) is 1. The van der Waals surface area contributed by atoms with Gasteiger partial charge in [-0.15, -0.1) is 0 Å². The summed E-state index contributed by atoms with van der Waals surface area (Å²) < 4.78 is 5.78. The fourth-order valence-electron chi connectivity index (χ4n) is 3.07. The summed E-state index contributed by atoms with van der Waals surface area (Å²) >= 11 is 12.3. The standard InChI is InChI=1S/C24H30Cl2N2O3/c1-6-17(4)27-24(30)18(5)28(13-19-8-9-20(25)12-21(19)26)23(29)14-31-22-10-7-15(2)11-16(22)3/h7-12,17-18H,6,13-14H2,1-5H3,(H,27,30)/t17-,18+/m0/s1. The lowest BCUT2D eigenvalue weighted by Gasteiger charge is -2.30. The SMILES string of the molecule is CC[C@H](C)NC(=O)[C@@H](C)N(Cc1ccc(Cl)cc1Cl)C(=O)COc1ccc(C)cc1C. The second kappa shape index (κ2) is 11.4. The minimum Gasteiger partial charge on any atom is -0.483 e. The molecule has 5 nitrogen and oxygen atoms in total. The highest BCUT2D eigenvalue weighted by atomic mass is 35.5. The van der Waals surface area contributed by atoms with Crippen molar-refractivity contribution in [3.8, 4) is 5.75 Å². The first-order chi connectivity index (χ1) is 14.6. The van der Waals surface area contributed by atoms with E-state index in [9.17, 15) is 9.59 Å². The Bertz CT molecular complexity index is 933. The molecular weight excluding hydrogens is 435 g/mol. The van der Waals surface area contributed by atoms with E-state index in [-0.39, 0.29) is 31.0 Å². The summed E-state index contributed by atoms with van der Waals surface area (Å²) in [4.78, 5) is 27.4. The van der Waals surface area contributed by atoms with Crippen molar-refractivity contribution in [2.75, 3.05) is 6.61 Å². The Balaban J connectivity index is 2.22. The first-order valence-electron chi connectivity index (χ1n) is 10.4. The lowest BCUT2D eigenvalue weighted by Crippen LogP contribution is -2.50. The van der Waals surface area contributed by atoms with Crippen molar-refractivity contribution in [3.63, 3.8) is 0 Å². The number of carbonyl (C=O) groups excluding carboxylic acids is 2. The number of nitrogens with one attached hydrogen (secondary N) is 1. The van der Waals surface area contributed by atoms with Crippen molar-refractivity contribution in [2.24, 2.45) is 0 Å². The van der Waals surface area contributed by atoms with E-state index in [0.29, 0.717) is 21.4 Å². The van der Waals surface area contributed by atoms with Gasteiger partial charge in [0.1, 0.15) is 11.8 Å². The van der Waals surface area contributed by atoms with Crippen LogP contribution in [0.3, 0.4) is 0 Å². The molecule has 0 aliphatic rings. The van der Waals surface area contributed by atoms with E-state index in [0.717, 1.165) is 17.5 Å². The molecule has 7 heteroatoms. The minimum atomic E-state index is -0.698. The third-order valence-electron chi connectivity index (χ3n) is 5.21. The van der Waals surface area contributed by atoms with Crippen LogP contribution in [0.25, 0.3) is 0 Å². The van der Waals surface area contributed by atoms with Crippen molar-refractivity contribution in [1.82, 2.24) is 10.2 Å². The molecule has 2 aromatic rings. The van der Waals surface area contributed by atoms with Gasteiger partial charge < -0.3 is 15.0 Å². The molecule has 0 aromatic heterocycles. The quantitative estimate of drug-likeness (QED) is 0.545. The molecule has 0 fully saturated rings. The van der Waals surface area contributed by atoms with Crippen LogP contribution < -0.4 is 10.1 Å². The Kier molecular flexibility index (Phi) is 9.20. The summed E-state index contributed by atoms with van der Waals surface area (Å²) in [6.45, 7) is 9.53. The predicted octanol–water partition coefficient (Wildman–Crippen LogP) is 5.32. The Morgan fingerprint density at radius 3 is 2.42 bits per heavy atom. The summed E-state index contributed by atoms with van der Waals surface area (Å²) in [5.41, 5.74) is 2.77. The van der Waals surface area contributed by atoms with Crippen LogP contribution in [0, 0.1) is 13.8 Å². The van der Waals surface area contributed by atoms with E-state index in [1.165, 1.54) is 4.90 Å². The molecule has 31 heavy (non-hydrogen) atoms. The van der Waals surface area contributed by atoms with Crippen LogP contribution >= 0.6 is 23.2 Å². The number of carbonyl (C=O) groups is 2. The third-order valence-corrected chi connectivity index (χ3v) is 5.79. The van der Waals surface area contributed by atoms with Gasteiger partial charge in [-0.05, 0) is 63.4 Å². The first-order valence-corrected chi connectivity index (χ1v) is 11.1. The second-order valence-corrected chi connectivity index (χ2v) is 8.65. The van der Waals surface area contributed by atoms with Crippen LogP contribution in [0.5, 0.6) is 5.75 Å². The van der Waals surface area contributed by atoms with Gasteiger partial charge in [0, 0.05) is 22.6 Å². The molecule has 0 saturated heterocycles. The molecule has 2 rings (SSSR count). The number of ether oxygens (including phenoxy) is 1. The van der Waals surface area contributed by atoms with E-state index < -0.39 is 6.04 Å². The Labute approximate surface area is 194 Å². The summed E-state index contributed by atoms with van der Waals surface area (Å²) in [6.07, 6.45) is 0.797. The maximum absolute atomic E-state index is 13.1. The van der Waals surface area contributed by atoms with Gasteiger partial charge in [0.05, 0.1) is 0 Å². The van der Waals surface area contributed by atoms with Gasteiger partial charge in [-0.1, -0.05) is 53.9 Å². The van der Waals surface area contributed by atoms with Gasteiger partial charge in [0.25, 0.3) is 5.91 Å².